The average molecular weight is 322 g/mol. The Morgan fingerprint density at radius 2 is 1.88 bits per heavy atom. The van der Waals surface area contributed by atoms with E-state index in [0.717, 1.165) is 12.8 Å². The fourth-order valence-corrected chi connectivity index (χ4v) is 2.45. The van der Waals surface area contributed by atoms with Gasteiger partial charge in [0.1, 0.15) is 17.6 Å². The Bertz CT molecular complexity index is 778. The third-order valence-corrected chi connectivity index (χ3v) is 4.00. The summed E-state index contributed by atoms with van der Waals surface area (Å²) >= 11 is 0. The van der Waals surface area contributed by atoms with Crippen molar-refractivity contribution in [3.05, 3.63) is 59.7 Å². The number of nitriles is 1. The van der Waals surface area contributed by atoms with E-state index in [1.807, 2.05) is 0 Å². The molecular weight excluding hydrogens is 304 g/mol. The number of amides is 1. The van der Waals surface area contributed by atoms with Crippen LogP contribution in [-0.2, 0) is 0 Å². The number of carbonyl (C=O) groups excluding carboxylic acids is 1. The van der Waals surface area contributed by atoms with Gasteiger partial charge in [0.25, 0.3) is 5.91 Å². The summed E-state index contributed by atoms with van der Waals surface area (Å²) in [6, 6.07) is 15.8. The van der Waals surface area contributed by atoms with Gasteiger partial charge in [-0.05, 0) is 43.0 Å². The number of hydrogen-bond acceptors (Lipinski definition) is 4. The van der Waals surface area contributed by atoms with Crippen LogP contribution in [0.2, 0.25) is 0 Å². The van der Waals surface area contributed by atoms with E-state index in [0.29, 0.717) is 28.5 Å². The van der Waals surface area contributed by atoms with Crippen LogP contribution in [0.3, 0.4) is 0 Å². The van der Waals surface area contributed by atoms with E-state index >= 15 is 0 Å². The van der Waals surface area contributed by atoms with Crippen LogP contribution in [-0.4, -0.2) is 23.7 Å². The highest BCUT2D eigenvalue weighted by atomic mass is 16.5. The van der Waals surface area contributed by atoms with Crippen LogP contribution in [0.1, 0.15) is 28.8 Å². The van der Waals surface area contributed by atoms with Gasteiger partial charge in [-0.3, -0.25) is 4.79 Å². The molecular formula is C19H18N2O3. The molecule has 1 amide bonds. The zero-order valence-electron chi connectivity index (χ0n) is 13.1. The molecule has 1 atom stereocenters. The summed E-state index contributed by atoms with van der Waals surface area (Å²) in [5.41, 5.74) is 0.769. The van der Waals surface area contributed by atoms with E-state index in [1.54, 1.807) is 48.5 Å². The molecule has 5 nitrogen and oxygen atoms in total. The number of para-hydroxylation sites is 2. The Hall–Kier alpha value is -2.84. The van der Waals surface area contributed by atoms with Crippen LogP contribution in [0.25, 0.3) is 0 Å². The predicted molar refractivity (Wildman–Crippen MR) is 88.7 cm³/mol. The fourth-order valence-electron chi connectivity index (χ4n) is 2.45. The highest BCUT2D eigenvalue weighted by molar-refractivity contribution is 5.97. The number of aliphatic hydroxyl groups is 1. The lowest BCUT2D eigenvalue weighted by Crippen LogP contribution is -2.33. The fraction of sp³-hybridized carbons (Fsp3) is 0.263. The van der Waals surface area contributed by atoms with E-state index in [1.165, 1.54) is 0 Å². The van der Waals surface area contributed by atoms with Crippen molar-refractivity contribution in [3.63, 3.8) is 0 Å². The van der Waals surface area contributed by atoms with Gasteiger partial charge in [-0.2, -0.15) is 5.26 Å². The lowest BCUT2D eigenvalue weighted by Gasteiger charge is -2.14. The topological polar surface area (TPSA) is 82.3 Å². The maximum Gasteiger partial charge on any atom is 0.255 e. The van der Waals surface area contributed by atoms with E-state index in [9.17, 15) is 9.90 Å². The Morgan fingerprint density at radius 1 is 1.21 bits per heavy atom. The molecule has 1 aliphatic carbocycles. The minimum Gasteiger partial charge on any atom is -0.455 e. The van der Waals surface area contributed by atoms with Crippen LogP contribution in [0.15, 0.2) is 48.5 Å². The van der Waals surface area contributed by atoms with Gasteiger partial charge in [0.05, 0.1) is 17.2 Å². The first-order chi connectivity index (χ1) is 11.7. The van der Waals surface area contributed by atoms with Gasteiger partial charge in [0.15, 0.2) is 0 Å². The lowest BCUT2D eigenvalue weighted by atomic mass is 10.1. The Morgan fingerprint density at radius 3 is 2.58 bits per heavy atom. The van der Waals surface area contributed by atoms with Crippen molar-refractivity contribution in [2.24, 2.45) is 5.92 Å². The van der Waals surface area contributed by atoms with Gasteiger partial charge < -0.3 is 15.2 Å². The number of rotatable bonds is 6. The second-order valence-corrected chi connectivity index (χ2v) is 5.82. The van der Waals surface area contributed by atoms with Crippen molar-refractivity contribution in [3.8, 4) is 17.6 Å². The molecule has 24 heavy (non-hydrogen) atoms. The minimum atomic E-state index is -0.499. The van der Waals surface area contributed by atoms with Crippen LogP contribution in [0, 0.1) is 17.2 Å². The number of aliphatic hydroxyl groups excluding tert-OH is 1. The highest BCUT2D eigenvalue weighted by Crippen LogP contribution is 2.32. The molecule has 0 unspecified atom stereocenters. The minimum absolute atomic E-state index is 0.229. The standard InChI is InChI=1S/C19H18N2O3/c20-11-14-5-1-3-7-17(14)24-18-8-4-2-6-15(18)19(23)21-12-16(22)13-9-10-13/h1-8,13,16,22H,9-10,12H2,(H,21,23)/t16-/m1/s1. The van der Waals surface area contributed by atoms with Crippen molar-refractivity contribution in [1.29, 1.82) is 5.26 Å². The van der Waals surface area contributed by atoms with Crippen molar-refractivity contribution < 1.29 is 14.6 Å². The molecule has 122 valence electrons. The molecule has 0 radical (unpaired) electrons. The number of nitrogens with zero attached hydrogens (tertiary/aromatic N) is 1. The number of carbonyl (C=O) groups is 1. The monoisotopic (exact) mass is 322 g/mol. The molecule has 0 aliphatic heterocycles. The highest BCUT2D eigenvalue weighted by Gasteiger charge is 2.29. The molecule has 1 fully saturated rings. The van der Waals surface area contributed by atoms with Crippen LogP contribution >= 0.6 is 0 Å². The maximum atomic E-state index is 12.4. The molecule has 3 rings (SSSR count). The molecule has 5 heteroatoms. The van der Waals surface area contributed by atoms with E-state index in [-0.39, 0.29) is 12.5 Å². The Balaban J connectivity index is 1.75. The first-order valence-electron chi connectivity index (χ1n) is 7.91. The smallest absolute Gasteiger partial charge is 0.255 e. The van der Waals surface area contributed by atoms with Crippen molar-refractivity contribution in [2.75, 3.05) is 6.54 Å². The molecule has 2 N–H and O–H groups in total. The molecule has 2 aromatic carbocycles. The zero-order valence-corrected chi connectivity index (χ0v) is 13.1. The molecule has 1 aliphatic rings. The van der Waals surface area contributed by atoms with E-state index in [2.05, 4.69) is 11.4 Å². The van der Waals surface area contributed by atoms with Gasteiger partial charge >= 0.3 is 0 Å². The van der Waals surface area contributed by atoms with Gasteiger partial charge in [0, 0.05) is 6.54 Å². The zero-order chi connectivity index (χ0) is 16.9. The molecule has 0 heterocycles. The van der Waals surface area contributed by atoms with Crippen molar-refractivity contribution >= 4 is 5.91 Å². The van der Waals surface area contributed by atoms with E-state index < -0.39 is 6.10 Å². The number of hydrogen-bond donors (Lipinski definition) is 2. The normalized spacial score (nSPS) is 14.5. The Kier molecular flexibility index (Phi) is 4.78. The maximum absolute atomic E-state index is 12.4. The molecule has 2 aromatic rings. The van der Waals surface area contributed by atoms with Gasteiger partial charge in [-0.25, -0.2) is 0 Å². The quantitative estimate of drug-likeness (QED) is 0.857. The van der Waals surface area contributed by atoms with Gasteiger partial charge in [-0.15, -0.1) is 0 Å². The SMILES string of the molecule is N#Cc1ccccc1Oc1ccccc1C(=O)NC[C@@H](O)C1CC1. The average Bonchev–Trinajstić information content (AvgIpc) is 3.45. The molecule has 0 bridgehead atoms. The summed E-state index contributed by atoms with van der Waals surface area (Å²) in [6.45, 7) is 0.229. The number of benzene rings is 2. The van der Waals surface area contributed by atoms with E-state index in [4.69, 9.17) is 10.00 Å². The second-order valence-electron chi connectivity index (χ2n) is 5.82. The number of nitrogens with one attached hydrogen (secondary N) is 1. The number of ether oxygens (including phenoxy) is 1. The molecule has 0 saturated heterocycles. The largest absolute Gasteiger partial charge is 0.455 e. The lowest BCUT2D eigenvalue weighted by molar-refractivity contribution is 0.0899. The molecule has 0 aromatic heterocycles. The third kappa shape index (κ3) is 3.73. The van der Waals surface area contributed by atoms with Gasteiger partial charge in [0.2, 0.25) is 0 Å². The van der Waals surface area contributed by atoms with Gasteiger partial charge in [-0.1, -0.05) is 24.3 Å². The van der Waals surface area contributed by atoms with Crippen LogP contribution < -0.4 is 10.1 Å². The van der Waals surface area contributed by atoms with Crippen molar-refractivity contribution in [2.45, 2.75) is 18.9 Å². The molecule has 0 spiro atoms. The summed E-state index contributed by atoms with van der Waals surface area (Å²) < 4.78 is 5.77. The second kappa shape index (κ2) is 7.16. The Labute approximate surface area is 140 Å². The summed E-state index contributed by atoms with van der Waals surface area (Å²) in [4.78, 5) is 12.4. The predicted octanol–water partition coefficient (Wildman–Crippen LogP) is 2.85. The summed E-state index contributed by atoms with van der Waals surface area (Å²) in [7, 11) is 0. The first kappa shape index (κ1) is 16.0. The summed E-state index contributed by atoms with van der Waals surface area (Å²) in [6.07, 6.45) is 1.53. The van der Waals surface area contributed by atoms with Crippen LogP contribution in [0.4, 0.5) is 0 Å². The summed E-state index contributed by atoms with van der Waals surface area (Å²) in [5, 5.41) is 21.8. The first-order valence-corrected chi connectivity index (χ1v) is 7.91. The third-order valence-electron chi connectivity index (χ3n) is 4.00. The summed E-state index contributed by atoms with van der Waals surface area (Å²) in [5.74, 6) is 0.774. The molecule has 1 saturated carbocycles. The van der Waals surface area contributed by atoms with Crippen molar-refractivity contribution in [1.82, 2.24) is 5.32 Å². The van der Waals surface area contributed by atoms with Crippen LogP contribution in [0.5, 0.6) is 11.5 Å².